The SMILES string of the molecule is COCC(=O)N1CCC(C(=O)NCCCO)CC1. The van der Waals surface area contributed by atoms with E-state index in [0.717, 1.165) is 0 Å². The number of hydrogen-bond donors (Lipinski definition) is 2. The highest BCUT2D eigenvalue weighted by atomic mass is 16.5. The third-order valence-corrected chi connectivity index (χ3v) is 3.12. The number of aliphatic hydroxyl groups is 1. The minimum atomic E-state index is -0.0183. The topological polar surface area (TPSA) is 78.9 Å². The summed E-state index contributed by atoms with van der Waals surface area (Å²) in [5, 5.41) is 11.4. The van der Waals surface area contributed by atoms with Gasteiger partial charge >= 0.3 is 0 Å². The average Bonchev–Trinajstić information content (AvgIpc) is 2.39. The summed E-state index contributed by atoms with van der Waals surface area (Å²) in [6.07, 6.45) is 1.97. The fourth-order valence-corrected chi connectivity index (χ4v) is 2.04. The van der Waals surface area contributed by atoms with Crippen LogP contribution in [0.2, 0.25) is 0 Å². The number of ether oxygens (including phenoxy) is 1. The first-order valence-electron chi connectivity index (χ1n) is 6.34. The maximum absolute atomic E-state index is 11.8. The summed E-state index contributed by atoms with van der Waals surface area (Å²) in [5.74, 6) is -0.00535. The van der Waals surface area contributed by atoms with Gasteiger partial charge in [0, 0.05) is 39.3 Å². The third-order valence-electron chi connectivity index (χ3n) is 3.12. The van der Waals surface area contributed by atoms with Crippen LogP contribution in [0.3, 0.4) is 0 Å². The van der Waals surface area contributed by atoms with E-state index < -0.39 is 0 Å². The zero-order valence-electron chi connectivity index (χ0n) is 10.9. The Balaban J connectivity index is 2.26. The van der Waals surface area contributed by atoms with Crippen LogP contribution in [0.25, 0.3) is 0 Å². The molecular formula is C12H22N2O4. The summed E-state index contributed by atoms with van der Waals surface area (Å²) < 4.78 is 4.80. The van der Waals surface area contributed by atoms with E-state index in [0.29, 0.717) is 38.9 Å². The largest absolute Gasteiger partial charge is 0.396 e. The van der Waals surface area contributed by atoms with Crippen LogP contribution < -0.4 is 5.32 Å². The van der Waals surface area contributed by atoms with E-state index in [1.807, 2.05) is 0 Å². The standard InChI is InChI=1S/C12H22N2O4/c1-18-9-11(16)14-6-3-10(4-7-14)12(17)13-5-2-8-15/h10,15H,2-9H2,1H3,(H,13,17). The van der Waals surface area contributed by atoms with Gasteiger partial charge in [-0.2, -0.15) is 0 Å². The quantitative estimate of drug-likeness (QED) is 0.622. The Bertz CT molecular complexity index is 275. The Kier molecular flexibility index (Phi) is 6.67. The van der Waals surface area contributed by atoms with Crippen molar-refractivity contribution in [2.24, 2.45) is 5.92 Å². The van der Waals surface area contributed by atoms with Gasteiger partial charge in [-0.05, 0) is 19.3 Å². The van der Waals surface area contributed by atoms with Crippen LogP contribution in [0.15, 0.2) is 0 Å². The number of amides is 2. The molecule has 2 amide bonds. The molecule has 0 spiro atoms. The van der Waals surface area contributed by atoms with Crippen LogP contribution in [0.5, 0.6) is 0 Å². The number of rotatable bonds is 6. The number of carbonyl (C=O) groups excluding carboxylic acids is 2. The van der Waals surface area contributed by atoms with Crippen LogP contribution >= 0.6 is 0 Å². The van der Waals surface area contributed by atoms with Crippen molar-refractivity contribution in [1.82, 2.24) is 10.2 Å². The Labute approximate surface area is 107 Å². The van der Waals surface area contributed by atoms with Crippen molar-refractivity contribution in [1.29, 1.82) is 0 Å². The Morgan fingerprint density at radius 3 is 2.61 bits per heavy atom. The van der Waals surface area contributed by atoms with Crippen molar-refractivity contribution >= 4 is 11.8 Å². The van der Waals surface area contributed by atoms with Gasteiger partial charge in [-0.15, -0.1) is 0 Å². The summed E-state index contributed by atoms with van der Waals surface area (Å²) in [5.41, 5.74) is 0. The summed E-state index contributed by atoms with van der Waals surface area (Å²) in [4.78, 5) is 25.0. The molecule has 0 radical (unpaired) electrons. The van der Waals surface area contributed by atoms with Gasteiger partial charge in [0.25, 0.3) is 0 Å². The van der Waals surface area contributed by atoms with E-state index in [2.05, 4.69) is 5.32 Å². The lowest BCUT2D eigenvalue weighted by molar-refractivity contribution is -0.138. The second-order valence-electron chi connectivity index (χ2n) is 4.46. The van der Waals surface area contributed by atoms with Gasteiger partial charge in [0.2, 0.25) is 11.8 Å². The Morgan fingerprint density at radius 2 is 2.06 bits per heavy atom. The molecule has 6 heteroatoms. The molecule has 2 N–H and O–H groups in total. The predicted octanol–water partition coefficient (Wildman–Crippen LogP) is -0.630. The second-order valence-corrected chi connectivity index (χ2v) is 4.46. The van der Waals surface area contributed by atoms with Gasteiger partial charge in [-0.1, -0.05) is 0 Å². The van der Waals surface area contributed by atoms with Gasteiger partial charge < -0.3 is 20.1 Å². The van der Waals surface area contributed by atoms with Gasteiger partial charge in [-0.25, -0.2) is 0 Å². The maximum Gasteiger partial charge on any atom is 0.248 e. The Morgan fingerprint density at radius 1 is 1.39 bits per heavy atom. The number of likely N-dealkylation sites (tertiary alicyclic amines) is 1. The molecule has 1 heterocycles. The van der Waals surface area contributed by atoms with E-state index in [1.54, 1.807) is 4.90 Å². The number of hydrogen-bond acceptors (Lipinski definition) is 4. The third kappa shape index (κ3) is 4.62. The second kappa shape index (κ2) is 8.05. The number of methoxy groups -OCH3 is 1. The molecule has 0 aliphatic carbocycles. The van der Waals surface area contributed by atoms with Crippen molar-refractivity contribution in [3.05, 3.63) is 0 Å². The number of nitrogens with zero attached hydrogens (tertiary/aromatic N) is 1. The van der Waals surface area contributed by atoms with Gasteiger partial charge in [0.15, 0.2) is 0 Å². The van der Waals surface area contributed by atoms with E-state index in [1.165, 1.54) is 7.11 Å². The fourth-order valence-electron chi connectivity index (χ4n) is 2.04. The van der Waals surface area contributed by atoms with Crippen LogP contribution in [0, 0.1) is 5.92 Å². The van der Waals surface area contributed by atoms with Gasteiger partial charge in [-0.3, -0.25) is 9.59 Å². The van der Waals surface area contributed by atoms with Gasteiger partial charge in [0.1, 0.15) is 6.61 Å². The molecule has 0 unspecified atom stereocenters. The van der Waals surface area contributed by atoms with Crippen LogP contribution in [-0.2, 0) is 14.3 Å². The smallest absolute Gasteiger partial charge is 0.248 e. The summed E-state index contributed by atoms with van der Waals surface area (Å²) in [6.45, 7) is 1.93. The minimum absolute atomic E-state index is 0.0170. The number of carbonyl (C=O) groups is 2. The lowest BCUT2D eigenvalue weighted by atomic mass is 9.96. The fraction of sp³-hybridized carbons (Fsp3) is 0.833. The molecule has 0 aromatic rings. The number of aliphatic hydroxyl groups excluding tert-OH is 1. The molecular weight excluding hydrogens is 236 g/mol. The molecule has 0 atom stereocenters. The van der Waals surface area contributed by atoms with Crippen molar-refractivity contribution in [3.8, 4) is 0 Å². The normalized spacial score (nSPS) is 16.7. The van der Waals surface area contributed by atoms with Crippen LogP contribution in [0.1, 0.15) is 19.3 Å². The molecule has 0 saturated carbocycles. The molecule has 0 aromatic carbocycles. The minimum Gasteiger partial charge on any atom is -0.396 e. The van der Waals surface area contributed by atoms with Crippen LogP contribution in [0.4, 0.5) is 0 Å². The molecule has 0 aromatic heterocycles. The average molecular weight is 258 g/mol. The molecule has 1 fully saturated rings. The van der Waals surface area contributed by atoms with E-state index in [9.17, 15) is 9.59 Å². The summed E-state index contributed by atoms with van der Waals surface area (Å²) >= 11 is 0. The molecule has 1 aliphatic rings. The number of nitrogens with one attached hydrogen (secondary N) is 1. The van der Waals surface area contributed by atoms with E-state index in [4.69, 9.17) is 9.84 Å². The molecule has 1 aliphatic heterocycles. The molecule has 0 bridgehead atoms. The Hall–Kier alpha value is -1.14. The highest BCUT2D eigenvalue weighted by Crippen LogP contribution is 2.17. The van der Waals surface area contributed by atoms with Gasteiger partial charge in [0.05, 0.1) is 0 Å². The first-order valence-corrected chi connectivity index (χ1v) is 6.34. The molecule has 104 valence electrons. The first-order chi connectivity index (χ1) is 8.69. The van der Waals surface area contributed by atoms with Crippen molar-refractivity contribution in [3.63, 3.8) is 0 Å². The zero-order chi connectivity index (χ0) is 13.4. The predicted molar refractivity (Wildman–Crippen MR) is 65.9 cm³/mol. The van der Waals surface area contributed by atoms with E-state index in [-0.39, 0.29) is 30.9 Å². The van der Waals surface area contributed by atoms with Crippen molar-refractivity contribution in [2.45, 2.75) is 19.3 Å². The number of piperidine rings is 1. The summed E-state index contributed by atoms with van der Waals surface area (Å²) in [6, 6.07) is 0. The molecule has 1 rings (SSSR count). The lowest BCUT2D eigenvalue weighted by Crippen LogP contribution is -2.44. The summed E-state index contributed by atoms with van der Waals surface area (Å²) in [7, 11) is 1.50. The molecule has 6 nitrogen and oxygen atoms in total. The van der Waals surface area contributed by atoms with E-state index >= 15 is 0 Å². The highest BCUT2D eigenvalue weighted by molar-refractivity contribution is 5.80. The lowest BCUT2D eigenvalue weighted by Gasteiger charge is -2.31. The molecule has 1 saturated heterocycles. The molecule has 18 heavy (non-hydrogen) atoms. The van der Waals surface area contributed by atoms with Crippen molar-refractivity contribution in [2.75, 3.05) is 40.0 Å². The maximum atomic E-state index is 11.8. The highest BCUT2D eigenvalue weighted by Gasteiger charge is 2.26. The zero-order valence-corrected chi connectivity index (χ0v) is 10.9. The van der Waals surface area contributed by atoms with Crippen LogP contribution in [-0.4, -0.2) is 61.8 Å². The monoisotopic (exact) mass is 258 g/mol. The van der Waals surface area contributed by atoms with Crippen molar-refractivity contribution < 1.29 is 19.4 Å². The first kappa shape index (κ1) is 14.9.